The first-order valence-electron chi connectivity index (χ1n) is 8.81. The van der Waals surface area contributed by atoms with E-state index in [2.05, 4.69) is 17.1 Å². The summed E-state index contributed by atoms with van der Waals surface area (Å²) in [6.07, 6.45) is 8.59. The van der Waals surface area contributed by atoms with Crippen molar-refractivity contribution < 1.29 is 9.53 Å². The molecule has 1 N–H and O–H groups in total. The van der Waals surface area contributed by atoms with Gasteiger partial charge in [-0.2, -0.15) is 0 Å². The molecule has 1 heterocycles. The van der Waals surface area contributed by atoms with E-state index in [9.17, 15) is 4.79 Å². The predicted octanol–water partition coefficient (Wildman–Crippen LogP) is 2.43. The number of nitrogens with one attached hydrogen (secondary N) is 1. The van der Waals surface area contributed by atoms with E-state index in [4.69, 9.17) is 4.74 Å². The minimum Gasteiger partial charge on any atom is -0.379 e. The quantitative estimate of drug-likeness (QED) is 0.784. The average molecular weight is 296 g/mol. The van der Waals surface area contributed by atoms with Crippen molar-refractivity contribution in [2.24, 2.45) is 11.8 Å². The molecular weight excluding hydrogens is 264 g/mol. The van der Waals surface area contributed by atoms with Gasteiger partial charge in [-0.15, -0.1) is 0 Å². The molecule has 4 heteroatoms. The topological polar surface area (TPSA) is 41.6 Å². The van der Waals surface area contributed by atoms with Crippen LogP contribution in [0.5, 0.6) is 0 Å². The third-order valence-corrected chi connectivity index (χ3v) is 4.83. The number of morpholine rings is 1. The highest BCUT2D eigenvalue weighted by Gasteiger charge is 2.16. The number of nitrogens with zero attached hydrogens (tertiary/aromatic N) is 1. The summed E-state index contributed by atoms with van der Waals surface area (Å²) in [4.78, 5) is 14.4. The normalized spacial score (nSPS) is 22.9. The second-order valence-corrected chi connectivity index (χ2v) is 6.86. The standard InChI is InChI=1S/C17H32N2O2/c1-15(14-19-9-11-21-12-10-19)13-18-17(20)8-7-16-5-3-2-4-6-16/h15-16H,2-14H2,1H3,(H,18,20). The second-order valence-electron chi connectivity index (χ2n) is 6.86. The van der Waals surface area contributed by atoms with Crippen molar-refractivity contribution in [3.05, 3.63) is 0 Å². The number of carbonyl (C=O) groups excluding carboxylic acids is 1. The van der Waals surface area contributed by atoms with Crippen LogP contribution in [-0.4, -0.2) is 50.2 Å². The number of carbonyl (C=O) groups is 1. The fourth-order valence-corrected chi connectivity index (χ4v) is 3.48. The van der Waals surface area contributed by atoms with E-state index < -0.39 is 0 Å². The van der Waals surface area contributed by atoms with Gasteiger partial charge in [0.1, 0.15) is 0 Å². The van der Waals surface area contributed by atoms with Crippen LogP contribution in [-0.2, 0) is 9.53 Å². The third kappa shape index (κ3) is 6.79. The van der Waals surface area contributed by atoms with Crippen molar-refractivity contribution in [1.29, 1.82) is 0 Å². The van der Waals surface area contributed by atoms with E-state index in [0.29, 0.717) is 5.92 Å². The van der Waals surface area contributed by atoms with Crippen LogP contribution in [0, 0.1) is 11.8 Å². The molecule has 0 spiro atoms. The van der Waals surface area contributed by atoms with Gasteiger partial charge in [-0.3, -0.25) is 9.69 Å². The summed E-state index contributed by atoms with van der Waals surface area (Å²) < 4.78 is 5.36. The van der Waals surface area contributed by atoms with Gasteiger partial charge < -0.3 is 10.1 Å². The number of hydrogen-bond acceptors (Lipinski definition) is 3. The average Bonchev–Trinajstić information content (AvgIpc) is 2.53. The molecule has 1 aliphatic heterocycles. The summed E-state index contributed by atoms with van der Waals surface area (Å²) in [5.41, 5.74) is 0. The molecule has 0 aromatic rings. The first-order chi connectivity index (χ1) is 10.2. The zero-order valence-electron chi connectivity index (χ0n) is 13.6. The Labute approximate surface area is 129 Å². The minimum absolute atomic E-state index is 0.245. The molecule has 2 rings (SSSR count). The molecule has 1 saturated heterocycles. The van der Waals surface area contributed by atoms with Crippen LogP contribution in [0.2, 0.25) is 0 Å². The predicted molar refractivity (Wildman–Crippen MR) is 85.2 cm³/mol. The summed E-state index contributed by atoms with van der Waals surface area (Å²) in [6.45, 7) is 7.84. The maximum atomic E-state index is 11.9. The van der Waals surface area contributed by atoms with Gasteiger partial charge in [0.25, 0.3) is 0 Å². The molecular formula is C17H32N2O2. The largest absolute Gasteiger partial charge is 0.379 e. The Balaban J connectivity index is 1.52. The van der Waals surface area contributed by atoms with Gasteiger partial charge in [0.05, 0.1) is 13.2 Å². The van der Waals surface area contributed by atoms with Crippen LogP contribution >= 0.6 is 0 Å². The molecule has 0 aromatic heterocycles. The maximum Gasteiger partial charge on any atom is 0.220 e. The van der Waals surface area contributed by atoms with Crippen molar-refractivity contribution in [3.8, 4) is 0 Å². The molecule has 1 aliphatic carbocycles. The third-order valence-electron chi connectivity index (χ3n) is 4.83. The highest BCUT2D eigenvalue weighted by Crippen LogP contribution is 2.27. The molecule has 1 atom stereocenters. The Bertz CT molecular complexity index is 297. The summed E-state index contributed by atoms with van der Waals surface area (Å²) in [5, 5.41) is 3.11. The molecule has 1 saturated carbocycles. The van der Waals surface area contributed by atoms with Crippen molar-refractivity contribution >= 4 is 5.91 Å². The van der Waals surface area contributed by atoms with Crippen LogP contribution < -0.4 is 5.32 Å². The van der Waals surface area contributed by atoms with Crippen LogP contribution in [0.1, 0.15) is 51.9 Å². The van der Waals surface area contributed by atoms with E-state index in [1.807, 2.05) is 0 Å². The fourth-order valence-electron chi connectivity index (χ4n) is 3.48. The first kappa shape index (κ1) is 16.8. The minimum atomic E-state index is 0.245. The van der Waals surface area contributed by atoms with Crippen molar-refractivity contribution in [2.45, 2.75) is 51.9 Å². The second kappa shape index (κ2) is 9.42. The molecule has 1 amide bonds. The summed E-state index contributed by atoms with van der Waals surface area (Å²) in [6, 6.07) is 0. The molecule has 2 fully saturated rings. The van der Waals surface area contributed by atoms with E-state index in [1.54, 1.807) is 0 Å². The first-order valence-corrected chi connectivity index (χ1v) is 8.81. The van der Waals surface area contributed by atoms with E-state index in [0.717, 1.165) is 58.2 Å². The number of ether oxygens (including phenoxy) is 1. The van der Waals surface area contributed by atoms with Crippen LogP contribution in [0.15, 0.2) is 0 Å². The van der Waals surface area contributed by atoms with E-state index in [1.165, 1.54) is 32.1 Å². The Morgan fingerprint density at radius 1 is 1.24 bits per heavy atom. The molecule has 1 unspecified atom stereocenters. The zero-order valence-corrected chi connectivity index (χ0v) is 13.6. The molecule has 0 radical (unpaired) electrons. The lowest BCUT2D eigenvalue weighted by Gasteiger charge is -2.29. The lowest BCUT2D eigenvalue weighted by molar-refractivity contribution is -0.121. The van der Waals surface area contributed by atoms with Gasteiger partial charge >= 0.3 is 0 Å². The highest BCUT2D eigenvalue weighted by molar-refractivity contribution is 5.75. The number of hydrogen-bond donors (Lipinski definition) is 1. The molecule has 122 valence electrons. The number of rotatable bonds is 7. The van der Waals surface area contributed by atoms with Gasteiger partial charge in [-0.1, -0.05) is 39.0 Å². The highest BCUT2D eigenvalue weighted by atomic mass is 16.5. The molecule has 0 bridgehead atoms. The smallest absolute Gasteiger partial charge is 0.220 e. The Morgan fingerprint density at radius 2 is 1.95 bits per heavy atom. The van der Waals surface area contributed by atoms with Crippen LogP contribution in [0.3, 0.4) is 0 Å². The summed E-state index contributed by atoms with van der Waals surface area (Å²) in [7, 11) is 0. The summed E-state index contributed by atoms with van der Waals surface area (Å²) in [5.74, 6) is 1.56. The SMILES string of the molecule is CC(CNC(=O)CCC1CCCCC1)CN1CCOCC1. The van der Waals surface area contributed by atoms with Crippen LogP contribution in [0.25, 0.3) is 0 Å². The molecule has 4 nitrogen and oxygen atoms in total. The van der Waals surface area contributed by atoms with Gasteiger partial charge in [0.15, 0.2) is 0 Å². The summed E-state index contributed by atoms with van der Waals surface area (Å²) >= 11 is 0. The molecule has 2 aliphatic rings. The van der Waals surface area contributed by atoms with Gasteiger partial charge in [-0.05, 0) is 18.3 Å². The Kier molecular flexibility index (Phi) is 7.51. The van der Waals surface area contributed by atoms with Gasteiger partial charge in [-0.25, -0.2) is 0 Å². The van der Waals surface area contributed by atoms with E-state index >= 15 is 0 Å². The van der Waals surface area contributed by atoms with Gasteiger partial charge in [0.2, 0.25) is 5.91 Å². The lowest BCUT2D eigenvalue weighted by atomic mass is 9.86. The Hall–Kier alpha value is -0.610. The van der Waals surface area contributed by atoms with Crippen molar-refractivity contribution in [3.63, 3.8) is 0 Å². The molecule has 21 heavy (non-hydrogen) atoms. The van der Waals surface area contributed by atoms with E-state index in [-0.39, 0.29) is 5.91 Å². The number of amides is 1. The van der Waals surface area contributed by atoms with Crippen molar-refractivity contribution in [2.75, 3.05) is 39.4 Å². The monoisotopic (exact) mass is 296 g/mol. The maximum absolute atomic E-state index is 11.9. The zero-order chi connectivity index (χ0) is 14.9. The van der Waals surface area contributed by atoms with Gasteiger partial charge in [0, 0.05) is 32.6 Å². The molecule has 0 aromatic carbocycles. The van der Waals surface area contributed by atoms with Crippen molar-refractivity contribution in [1.82, 2.24) is 10.2 Å². The Morgan fingerprint density at radius 3 is 2.67 bits per heavy atom. The fraction of sp³-hybridized carbons (Fsp3) is 0.941. The lowest BCUT2D eigenvalue weighted by Crippen LogP contribution is -2.41. The van der Waals surface area contributed by atoms with Crippen LogP contribution in [0.4, 0.5) is 0 Å².